The fourth-order valence-corrected chi connectivity index (χ4v) is 2.55. The van der Waals surface area contributed by atoms with Gasteiger partial charge in [0, 0.05) is 11.4 Å². The van der Waals surface area contributed by atoms with Crippen molar-refractivity contribution in [1.29, 1.82) is 0 Å². The Bertz CT molecular complexity index is 448. The van der Waals surface area contributed by atoms with Gasteiger partial charge in [0.25, 0.3) is 5.91 Å². The van der Waals surface area contributed by atoms with Crippen LogP contribution < -0.4 is 10.1 Å². The molecule has 118 valence electrons. The van der Waals surface area contributed by atoms with E-state index in [1.165, 1.54) is 0 Å². The maximum absolute atomic E-state index is 12.2. The van der Waals surface area contributed by atoms with Crippen LogP contribution >= 0.6 is 11.8 Å². The van der Waals surface area contributed by atoms with Gasteiger partial charge in [-0.2, -0.15) is 0 Å². The van der Waals surface area contributed by atoms with Crippen molar-refractivity contribution >= 4 is 17.7 Å². The molecule has 0 unspecified atom stereocenters. The van der Waals surface area contributed by atoms with Crippen LogP contribution in [0.15, 0.2) is 23.1 Å². The van der Waals surface area contributed by atoms with Crippen molar-refractivity contribution in [2.75, 3.05) is 39.5 Å². The number of methoxy groups -OCH3 is 1. The number of nitrogens with one attached hydrogen (secondary N) is 1. The van der Waals surface area contributed by atoms with E-state index in [0.717, 1.165) is 31.0 Å². The predicted octanol–water partition coefficient (Wildman–Crippen LogP) is 2.88. The zero-order chi connectivity index (χ0) is 15.7. The number of benzene rings is 1. The van der Waals surface area contributed by atoms with Gasteiger partial charge in [-0.25, -0.2) is 0 Å². The maximum Gasteiger partial charge on any atom is 0.255 e. The standard InChI is InChI=1S/C16H26N2O2S/c1-5-18(6-2)11-7-10-17-16(19)14-9-8-13(21-4)12-15(14)20-3/h8-9,12H,5-7,10-11H2,1-4H3,(H,17,19). The molecule has 21 heavy (non-hydrogen) atoms. The van der Waals surface area contributed by atoms with Crippen LogP contribution in [-0.2, 0) is 0 Å². The minimum absolute atomic E-state index is 0.0703. The molecule has 4 nitrogen and oxygen atoms in total. The summed E-state index contributed by atoms with van der Waals surface area (Å²) in [4.78, 5) is 15.6. The third kappa shape index (κ3) is 5.59. The predicted molar refractivity (Wildman–Crippen MR) is 89.5 cm³/mol. The first-order valence-electron chi connectivity index (χ1n) is 7.38. The van der Waals surface area contributed by atoms with Crippen molar-refractivity contribution in [3.05, 3.63) is 23.8 Å². The lowest BCUT2D eigenvalue weighted by atomic mass is 10.2. The highest BCUT2D eigenvalue weighted by Crippen LogP contribution is 2.25. The molecule has 0 saturated heterocycles. The number of rotatable bonds is 9. The monoisotopic (exact) mass is 310 g/mol. The summed E-state index contributed by atoms with van der Waals surface area (Å²) in [5.74, 6) is 0.558. The molecule has 0 aliphatic carbocycles. The van der Waals surface area contributed by atoms with Crippen LogP contribution in [0.4, 0.5) is 0 Å². The summed E-state index contributed by atoms with van der Waals surface area (Å²) in [5.41, 5.74) is 0.595. The zero-order valence-electron chi connectivity index (χ0n) is 13.4. The molecule has 0 aliphatic rings. The van der Waals surface area contributed by atoms with Gasteiger partial charge >= 0.3 is 0 Å². The number of carbonyl (C=O) groups excluding carboxylic acids is 1. The van der Waals surface area contributed by atoms with Crippen molar-refractivity contribution in [2.24, 2.45) is 0 Å². The molecule has 1 N–H and O–H groups in total. The Hall–Kier alpha value is -1.20. The maximum atomic E-state index is 12.2. The van der Waals surface area contributed by atoms with Crippen LogP contribution in [-0.4, -0.2) is 50.4 Å². The van der Waals surface area contributed by atoms with E-state index in [0.29, 0.717) is 17.9 Å². The Morgan fingerprint density at radius 1 is 1.33 bits per heavy atom. The van der Waals surface area contributed by atoms with Crippen LogP contribution in [0, 0.1) is 0 Å². The SMILES string of the molecule is CCN(CC)CCCNC(=O)c1ccc(SC)cc1OC. The van der Waals surface area contributed by atoms with Gasteiger partial charge in [-0.3, -0.25) is 4.79 Å². The topological polar surface area (TPSA) is 41.6 Å². The van der Waals surface area contributed by atoms with Gasteiger partial charge in [0.15, 0.2) is 0 Å². The van der Waals surface area contributed by atoms with E-state index in [9.17, 15) is 4.79 Å². The molecule has 0 spiro atoms. The number of carbonyl (C=O) groups is 1. The summed E-state index contributed by atoms with van der Waals surface area (Å²) < 4.78 is 5.31. The van der Waals surface area contributed by atoms with Crippen molar-refractivity contribution < 1.29 is 9.53 Å². The van der Waals surface area contributed by atoms with Crippen molar-refractivity contribution in [3.63, 3.8) is 0 Å². The quantitative estimate of drug-likeness (QED) is 0.562. The van der Waals surface area contributed by atoms with Gasteiger partial charge in [-0.05, 0) is 50.5 Å². The Labute approximate surface area is 132 Å². The van der Waals surface area contributed by atoms with Crippen LogP contribution in [0.25, 0.3) is 0 Å². The molecule has 0 atom stereocenters. The van der Waals surface area contributed by atoms with Crippen LogP contribution in [0.1, 0.15) is 30.6 Å². The zero-order valence-corrected chi connectivity index (χ0v) is 14.3. The smallest absolute Gasteiger partial charge is 0.255 e. The Morgan fingerprint density at radius 2 is 2.05 bits per heavy atom. The summed E-state index contributed by atoms with van der Waals surface area (Å²) in [7, 11) is 1.59. The number of amides is 1. The first kappa shape index (κ1) is 17.9. The number of hydrogen-bond donors (Lipinski definition) is 1. The highest BCUT2D eigenvalue weighted by atomic mass is 32.2. The number of ether oxygens (including phenoxy) is 1. The lowest BCUT2D eigenvalue weighted by molar-refractivity contribution is 0.0948. The second-order valence-corrected chi connectivity index (χ2v) is 5.58. The third-order valence-corrected chi connectivity index (χ3v) is 4.21. The molecule has 5 heteroatoms. The van der Waals surface area contributed by atoms with Crippen molar-refractivity contribution in [1.82, 2.24) is 10.2 Å². The molecule has 0 saturated carbocycles. The van der Waals surface area contributed by atoms with Gasteiger partial charge in [0.2, 0.25) is 0 Å². The molecule has 0 heterocycles. The molecule has 0 radical (unpaired) electrons. The number of thioether (sulfide) groups is 1. The average Bonchev–Trinajstić information content (AvgIpc) is 2.54. The molecule has 1 aromatic carbocycles. The average molecular weight is 310 g/mol. The summed E-state index contributed by atoms with van der Waals surface area (Å²) in [6.07, 6.45) is 2.96. The summed E-state index contributed by atoms with van der Waals surface area (Å²) >= 11 is 1.63. The second kappa shape index (κ2) is 9.68. The van der Waals surface area contributed by atoms with Gasteiger partial charge < -0.3 is 15.0 Å². The van der Waals surface area contributed by atoms with E-state index in [1.807, 2.05) is 24.5 Å². The number of hydrogen-bond acceptors (Lipinski definition) is 4. The van der Waals surface area contributed by atoms with E-state index in [-0.39, 0.29) is 5.91 Å². The second-order valence-electron chi connectivity index (χ2n) is 4.70. The molecular weight excluding hydrogens is 284 g/mol. The summed E-state index contributed by atoms with van der Waals surface area (Å²) in [5, 5.41) is 2.96. The van der Waals surface area contributed by atoms with E-state index >= 15 is 0 Å². The Morgan fingerprint density at radius 3 is 2.62 bits per heavy atom. The highest BCUT2D eigenvalue weighted by molar-refractivity contribution is 7.98. The van der Waals surface area contributed by atoms with Crippen LogP contribution in [0.2, 0.25) is 0 Å². The minimum Gasteiger partial charge on any atom is -0.496 e. The molecule has 0 aliphatic heterocycles. The van der Waals surface area contributed by atoms with Crippen LogP contribution in [0.3, 0.4) is 0 Å². The third-order valence-electron chi connectivity index (χ3n) is 3.48. The minimum atomic E-state index is -0.0703. The van der Waals surface area contributed by atoms with Crippen molar-refractivity contribution in [2.45, 2.75) is 25.2 Å². The molecular formula is C16H26N2O2S. The molecule has 1 aromatic rings. The van der Waals surface area contributed by atoms with Crippen molar-refractivity contribution in [3.8, 4) is 5.75 Å². The first-order chi connectivity index (χ1) is 10.2. The lowest BCUT2D eigenvalue weighted by Gasteiger charge is -2.17. The molecule has 1 rings (SSSR count). The largest absolute Gasteiger partial charge is 0.496 e. The molecule has 0 aromatic heterocycles. The van der Waals surface area contributed by atoms with Gasteiger partial charge in [0.1, 0.15) is 5.75 Å². The molecule has 0 bridgehead atoms. The summed E-state index contributed by atoms with van der Waals surface area (Å²) in [6, 6.07) is 5.66. The Balaban J connectivity index is 2.52. The van der Waals surface area contributed by atoms with E-state index in [1.54, 1.807) is 18.9 Å². The molecule has 1 amide bonds. The van der Waals surface area contributed by atoms with Gasteiger partial charge in [-0.1, -0.05) is 13.8 Å². The van der Waals surface area contributed by atoms with Crippen LogP contribution in [0.5, 0.6) is 5.75 Å². The normalized spacial score (nSPS) is 10.7. The highest BCUT2D eigenvalue weighted by Gasteiger charge is 2.12. The van der Waals surface area contributed by atoms with Gasteiger partial charge in [-0.15, -0.1) is 11.8 Å². The van der Waals surface area contributed by atoms with Gasteiger partial charge in [0.05, 0.1) is 12.7 Å². The molecule has 0 fully saturated rings. The Kier molecular flexibility index (Phi) is 8.23. The van der Waals surface area contributed by atoms with E-state index in [4.69, 9.17) is 4.74 Å². The lowest BCUT2D eigenvalue weighted by Crippen LogP contribution is -2.30. The number of nitrogens with zero attached hydrogens (tertiary/aromatic N) is 1. The first-order valence-corrected chi connectivity index (χ1v) is 8.61. The van der Waals surface area contributed by atoms with E-state index in [2.05, 4.69) is 24.1 Å². The fraction of sp³-hybridized carbons (Fsp3) is 0.562. The summed E-state index contributed by atoms with van der Waals surface area (Å²) in [6.45, 7) is 8.10. The fourth-order valence-electron chi connectivity index (χ4n) is 2.13. The van der Waals surface area contributed by atoms with E-state index < -0.39 is 0 Å².